The number of likely N-dealkylation sites (N-methyl/N-ethyl adjacent to an activating group) is 1. The maximum atomic E-state index is 10.3. The Balaban J connectivity index is 1.99. The van der Waals surface area contributed by atoms with Gasteiger partial charge in [-0.1, -0.05) is 22.0 Å². The van der Waals surface area contributed by atoms with Crippen LogP contribution in [0.4, 0.5) is 5.69 Å². The summed E-state index contributed by atoms with van der Waals surface area (Å²) in [6.07, 6.45) is 1.64. The SMILES string of the molecule is CNCC1(O)CCN(c2cccc(Br)c2)CC1. The molecule has 0 amide bonds. The van der Waals surface area contributed by atoms with Crippen LogP contribution in [-0.4, -0.2) is 37.4 Å². The lowest BCUT2D eigenvalue weighted by atomic mass is 9.91. The molecule has 3 nitrogen and oxygen atoms in total. The minimum atomic E-state index is -0.530. The molecule has 17 heavy (non-hydrogen) atoms. The predicted octanol–water partition coefficient (Wildman–Crippen LogP) is 2.00. The van der Waals surface area contributed by atoms with Crippen molar-refractivity contribution in [3.8, 4) is 0 Å². The molecule has 94 valence electrons. The van der Waals surface area contributed by atoms with E-state index in [0.29, 0.717) is 6.54 Å². The number of piperidine rings is 1. The Hall–Kier alpha value is -0.580. The molecule has 0 aliphatic carbocycles. The molecule has 1 aliphatic rings. The highest BCUT2D eigenvalue weighted by Gasteiger charge is 2.31. The van der Waals surface area contributed by atoms with Gasteiger partial charge >= 0.3 is 0 Å². The van der Waals surface area contributed by atoms with E-state index in [1.807, 2.05) is 19.2 Å². The minimum Gasteiger partial charge on any atom is -0.388 e. The number of halogens is 1. The van der Waals surface area contributed by atoms with Crippen molar-refractivity contribution >= 4 is 21.6 Å². The molecular weight excluding hydrogens is 280 g/mol. The lowest BCUT2D eigenvalue weighted by Gasteiger charge is -2.39. The van der Waals surface area contributed by atoms with Gasteiger partial charge in [-0.05, 0) is 38.1 Å². The molecule has 0 unspecified atom stereocenters. The van der Waals surface area contributed by atoms with Gasteiger partial charge in [0.25, 0.3) is 0 Å². The van der Waals surface area contributed by atoms with Gasteiger partial charge in [0.05, 0.1) is 5.60 Å². The van der Waals surface area contributed by atoms with Crippen molar-refractivity contribution in [3.63, 3.8) is 0 Å². The number of hydrogen-bond donors (Lipinski definition) is 2. The zero-order valence-corrected chi connectivity index (χ0v) is 11.7. The van der Waals surface area contributed by atoms with Gasteiger partial charge in [0.15, 0.2) is 0 Å². The number of nitrogens with one attached hydrogen (secondary N) is 1. The predicted molar refractivity (Wildman–Crippen MR) is 74.5 cm³/mol. The standard InChI is InChI=1S/C13H19BrN2O/c1-15-10-13(17)5-7-16(8-6-13)12-4-2-3-11(14)9-12/h2-4,9,15,17H,5-8,10H2,1H3. The smallest absolute Gasteiger partial charge is 0.0805 e. The summed E-state index contributed by atoms with van der Waals surface area (Å²) in [6.45, 7) is 2.50. The molecule has 0 aromatic heterocycles. The number of hydrogen-bond acceptors (Lipinski definition) is 3. The normalized spacial score (nSPS) is 19.4. The largest absolute Gasteiger partial charge is 0.388 e. The number of nitrogens with zero attached hydrogens (tertiary/aromatic N) is 1. The molecule has 4 heteroatoms. The maximum Gasteiger partial charge on any atom is 0.0805 e. The van der Waals surface area contributed by atoms with Gasteiger partial charge in [-0.3, -0.25) is 0 Å². The third-order valence-corrected chi connectivity index (χ3v) is 3.87. The molecule has 2 rings (SSSR count). The first-order valence-electron chi connectivity index (χ1n) is 6.00. The van der Waals surface area contributed by atoms with E-state index in [0.717, 1.165) is 30.4 Å². The van der Waals surface area contributed by atoms with Crippen molar-refractivity contribution in [1.29, 1.82) is 0 Å². The molecule has 0 atom stereocenters. The number of rotatable bonds is 3. The highest BCUT2D eigenvalue weighted by Crippen LogP contribution is 2.27. The summed E-state index contributed by atoms with van der Waals surface area (Å²) < 4.78 is 1.10. The first-order valence-corrected chi connectivity index (χ1v) is 6.80. The van der Waals surface area contributed by atoms with E-state index >= 15 is 0 Å². The number of benzene rings is 1. The summed E-state index contributed by atoms with van der Waals surface area (Å²) in [7, 11) is 1.89. The molecule has 0 saturated carbocycles. The molecular formula is C13H19BrN2O. The molecule has 1 aromatic carbocycles. The van der Waals surface area contributed by atoms with E-state index in [9.17, 15) is 5.11 Å². The first kappa shape index (κ1) is 12.9. The topological polar surface area (TPSA) is 35.5 Å². The van der Waals surface area contributed by atoms with Gasteiger partial charge in [-0.2, -0.15) is 0 Å². The van der Waals surface area contributed by atoms with Crippen LogP contribution in [0.1, 0.15) is 12.8 Å². The minimum absolute atomic E-state index is 0.530. The second-order valence-electron chi connectivity index (χ2n) is 4.72. The van der Waals surface area contributed by atoms with E-state index in [4.69, 9.17) is 0 Å². The van der Waals surface area contributed by atoms with Crippen LogP contribution in [0.2, 0.25) is 0 Å². The molecule has 0 radical (unpaired) electrons. The quantitative estimate of drug-likeness (QED) is 0.896. The Morgan fingerprint density at radius 2 is 2.12 bits per heavy atom. The molecule has 2 N–H and O–H groups in total. The lowest BCUT2D eigenvalue weighted by Crippen LogP contribution is -2.49. The van der Waals surface area contributed by atoms with Crippen LogP contribution in [0.25, 0.3) is 0 Å². The molecule has 0 spiro atoms. The summed E-state index contributed by atoms with van der Waals surface area (Å²) in [5, 5.41) is 13.4. The van der Waals surface area contributed by atoms with Gasteiger partial charge in [0, 0.05) is 29.8 Å². The number of anilines is 1. The molecule has 1 fully saturated rings. The van der Waals surface area contributed by atoms with Gasteiger partial charge in [0.1, 0.15) is 0 Å². The zero-order chi connectivity index (χ0) is 12.3. The van der Waals surface area contributed by atoms with Crippen molar-refractivity contribution < 1.29 is 5.11 Å². The summed E-state index contributed by atoms with van der Waals surface area (Å²) in [6, 6.07) is 8.33. The van der Waals surface area contributed by atoms with Crippen LogP contribution in [0, 0.1) is 0 Å². The fourth-order valence-corrected chi connectivity index (χ4v) is 2.75. The first-order chi connectivity index (χ1) is 8.13. The van der Waals surface area contributed by atoms with E-state index in [1.54, 1.807) is 0 Å². The van der Waals surface area contributed by atoms with Crippen molar-refractivity contribution in [3.05, 3.63) is 28.7 Å². The third kappa shape index (κ3) is 3.21. The Kier molecular flexibility index (Phi) is 4.07. The van der Waals surface area contributed by atoms with Crippen LogP contribution >= 0.6 is 15.9 Å². The van der Waals surface area contributed by atoms with Crippen LogP contribution in [-0.2, 0) is 0 Å². The molecule has 1 aromatic rings. The summed E-state index contributed by atoms with van der Waals surface area (Å²) in [5.74, 6) is 0. The fourth-order valence-electron chi connectivity index (χ4n) is 2.36. The average molecular weight is 299 g/mol. The Labute approximate surface area is 111 Å². The van der Waals surface area contributed by atoms with E-state index in [-0.39, 0.29) is 0 Å². The van der Waals surface area contributed by atoms with Crippen LogP contribution in [0.5, 0.6) is 0 Å². The highest BCUT2D eigenvalue weighted by molar-refractivity contribution is 9.10. The molecule has 1 aliphatic heterocycles. The monoisotopic (exact) mass is 298 g/mol. The van der Waals surface area contributed by atoms with Gasteiger partial charge < -0.3 is 15.3 Å². The summed E-state index contributed by atoms with van der Waals surface area (Å²) >= 11 is 3.49. The Bertz CT molecular complexity index is 375. The van der Waals surface area contributed by atoms with Crippen LogP contribution in [0.3, 0.4) is 0 Å². The van der Waals surface area contributed by atoms with Crippen molar-refractivity contribution in [2.75, 3.05) is 31.6 Å². The van der Waals surface area contributed by atoms with Crippen molar-refractivity contribution in [2.24, 2.45) is 0 Å². The van der Waals surface area contributed by atoms with E-state index in [2.05, 4.69) is 38.3 Å². The second kappa shape index (κ2) is 5.38. The maximum absolute atomic E-state index is 10.3. The fraction of sp³-hybridized carbons (Fsp3) is 0.538. The van der Waals surface area contributed by atoms with Gasteiger partial charge in [-0.15, -0.1) is 0 Å². The van der Waals surface area contributed by atoms with E-state index in [1.165, 1.54) is 5.69 Å². The average Bonchev–Trinajstić information content (AvgIpc) is 2.30. The Morgan fingerprint density at radius 3 is 2.71 bits per heavy atom. The molecule has 1 saturated heterocycles. The van der Waals surface area contributed by atoms with Crippen LogP contribution < -0.4 is 10.2 Å². The summed E-state index contributed by atoms with van der Waals surface area (Å²) in [4.78, 5) is 2.33. The lowest BCUT2D eigenvalue weighted by molar-refractivity contribution is 0.0185. The van der Waals surface area contributed by atoms with Crippen molar-refractivity contribution in [2.45, 2.75) is 18.4 Å². The van der Waals surface area contributed by atoms with Gasteiger partial charge in [0.2, 0.25) is 0 Å². The Morgan fingerprint density at radius 1 is 1.41 bits per heavy atom. The second-order valence-corrected chi connectivity index (χ2v) is 5.64. The molecule has 0 bridgehead atoms. The molecule has 1 heterocycles. The van der Waals surface area contributed by atoms with Crippen molar-refractivity contribution in [1.82, 2.24) is 5.32 Å². The number of aliphatic hydroxyl groups is 1. The third-order valence-electron chi connectivity index (χ3n) is 3.37. The van der Waals surface area contributed by atoms with Crippen LogP contribution in [0.15, 0.2) is 28.7 Å². The highest BCUT2D eigenvalue weighted by atomic mass is 79.9. The zero-order valence-electron chi connectivity index (χ0n) is 10.1. The summed E-state index contributed by atoms with van der Waals surface area (Å²) in [5.41, 5.74) is 0.697. The van der Waals surface area contributed by atoms with Gasteiger partial charge in [-0.25, -0.2) is 0 Å². The van der Waals surface area contributed by atoms with E-state index < -0.39 is 5.60 Å².